The molecule has 2 heterocycles. The van der Waals surface area contributed by atoms with E-state index in [1.807, 2.05) is 47.8 Å². The number of rotatable bonds is 4. The predicted octanol–water partition coefficient (Wildman–Crippen LogP) is 5.68. The van der Waals surface area contributed by atoms with E-state index in [1.165, 1.54) is 23.5 Å². The molecule has 0 aliphatic carbocycles. The van der Waals surface area contributed by atoms with E-state index in [0.717, 1.165) is 22.3 Å². The van der Waals surface area contributed by atoms with Gasteiger partial charge in [-0.05, 0) is 47.8 Å². The lowest BCUT2D eigenvalue weighted by atomic mass is 10.2. The minimum Gasteiger partial charge on any atom is -0.487 e. The number of hydrogen-bond acceptors (Lipinski definition) is 4. The number of pyridine rings is 1. The molecule has 0 saturated carbocycles. The summed E-state index contributed by atoms with van der Waals surface area (Å²) in [7, 11) is 0. The standard InChI is InChI=1S/C20H19NOS2/c1-2-5-19-15(4-1)6-9-17(21-19)14-22-18-10-7-16(8-11-18)20-23-12-3-13-24-20/h1-2,4-11,20H,3,12-14H2. The molecule has 0 radical (unpaired) electrons. The first-order valence-electron chi connectivity index (χ1n) is 8.19. The molecule has 2 aromatic carbocycles. The maximum absolute atomic E-state index is 5.91. The zero-order valence-electron chi connectivity index (χ0n) is 13.4. The lowest BCUT2D eigenvalue weighted by Gasteiger charge is -2.21. The number of ether oxygens (including phenoxy) is 1. The van der Waals surface area contributed by atoms with Gasteiger partial charge in [-0.3, -0.25) is 0 Å². The summed E-state index contributed by atoms with van der Waals surface area (Å²) in [5.41, 5.74) is 3.36. The lowest BCUT2D eigenvalue weighted by Crippen LogP contribution is -2.01. The van der Waals surface area contributed by atoms with Gasteiger partial charge in [-0.15, -0.1) is 23.5 Å². The lowest BCUT2D eigenvalue weighted by molar-refractivity contribution is 0.302. The first-order chi connectivity index (χ1) is 11.9. The minimum absolute atomic E-state index is 0.497. The summed E-state index contributed by atoms with van der Waals surface area (Å²) in [5.74, 6) is 3.44. The van der Waals surface area contributed by atoms with Gasteiger partial charge in [0.2, 0.25) is 0 Å². The molecule has 1 saturated heterocycles. The molecule has 3 aromatic rings. The van der Waals surface area contributed by atoms with Crippen LogP contribution in [0.15, 0.2) is 60.7 Å². The van der Waals surface area contributed by atoms with E-state index in [2.05, 4.69) is 41.4 Å². The monoisotopic (exact) mass is 353 g/mol. The number of fused-ring (bicyclic) bond motifs is 1. The fourth-order valence-corrected chi connectivity index (χ4v) is 5.64. The van der Waals surface area contributed by atoms with Gasteiger partial charge in [0, 0.05) is 5.39 Å². The highest BCUT2D eigenvalue weighted by atomic mass is 32.2. The van der Waals surface area contributed by atoms with Crippen LogP contribution in [0.3, 0.4) is 0 Å². The number of nitrogens with zero attached hydrogens (tertiary/aromatic N) is 1. The molecule has 1 aromatic heterocycles. The Balaban J connectivity index is 1.41. The molecule has 122 valence electrons. The Morgan fingerprint density at radius 3 is 2.54 bits per heavy atom. The largest absolute Gasteiger partial charge is 0.487 e. The van der Waals surface area contributed by atoms with Gasteiger partial charge in [0.25, 0.3) is 0 Å². The first-order valence-corrected chi connectivity index (χ1v) is 10.3. The molecule has 0 atom stereocenters. The quantitative estimate of drug-likeness (QED) is 0.601. The zero-order chi connectivity index (χ0) is 16.2. The summed E-state index contributed by atoms with van der Waals surface area (Å²) >= 11 is 4.09. The van der Waals surface area contributed by atoms with E-state index in [-0.39, 0.29) is 0 Å². The number of thioether (sulfide) groups is 2. The van der Waals surface area contributed by atoms with Crippen LogP contribution in [0.4, 0.5) is 0 Å². The molecule has 0 spiro atoms. The summed E-state index contributed by atoms with van der Waals surface area (Å²) in [6.07, 6.45) is 1.33. The molecule has 0 unspecified atom stereocenters. The van der Waals surface area contributed by atoms with Gasteiger partial charge in [-0.1, -0.05) is 36.4 Å². The Morgan fingerprint density at radius 1 is 0.917 bits per heavy atom. The Labute approximate surface area is 151 Å². The highest BCUT2D eigenvalue weighted by molar-refractivity contribution is 8.16. The molecule has 0 bridgehead atoms. The van der Waals surface area contributed by atoms with Crippen LogP contribution in [-0.4, -0.2) is 16.5 Å². The van der Waals surface area contributed by atoms with E-state index in [0.29, 0.717) is 11.2 Å². The third-order valence-electron chi connectivity index (χ3n) is 4.02. The summed E-state index contributed by atoms with van der Waals surface area (Å²) < 4.78 is 6.49. The predicted molar refractivity (Wildman–Crippen MR) is 105 cm³/mol. The number of aromatic nitrogens is 1. The van der Waals surface area contributed by atoms with Gasteiger partial charge in [0.15, 0.2) is 0 Å². The molecule has 24 heavy (non-hydrogen) atoms. The van der Waals surface area contributed by atoms with Crippen molar-refractivity contribution in [3.05, 3.63) is 71.9 Å². The van der Waals surface area contributed by atoms with Crippen LogP contribution < -0.4 is 4.74 Å². The van der Waals surface area contributed by atoms with Crippen LogP contribution in [0.2, 0.25) is 0 Å². The Kier molecular flexibility index (Phi) is 4.95. The number of para-hydroxylation sites is 1. The second-order valence-corrected chi connectivity index (χ2v) is 8.50. The number of hydrogen-bond donors (Lipinski definition) is 0. The van der Waals surface area contributed by atoms with E-state index in [4.69, 9.17) is 4.74 Å². The van der Waals surface area contributed by atoms with Crippen LogP contribution in [0.25, 0.3) is 10.9 Å². The number of benzene rings is 2. The summed E-state index contributed by atoms with van der Waals surface area (Å²) in [4.78, 5) is 4.65. The van der Waals surface area contributed by atoms with Crippen LogP contribution in [-0.2, 0) is 6.61 Å². The van der Waals surface area contributed by atoms with E-state index >= 15 is 0 Å². The topological polar surface area (TPSA) is 22.1 Å². The molecule has 4 rings (SSSR count). The minimum atomic E-state index is 0.497. The van der Waals surface area contributed by atoms with Crippen molar-refractivity contribution in [2.75, 3.05) is 11.5 Å². The Hall–Kier alpha value is -1.65. The van der Waals surface area contributed by atoms with Crippen molar-refractivity contribution >= 4 is 34.4 Å². The van der Waals surface area contributed by atoms with Crippen LogP contribution in [0.1, 0.15) is 22.3 Å². The molecular weight excluding hydrogens is 334 g/mol. The van der Waals surface area contributed by atoms with Crippen molar-refractivity contribution in [1.82, 2.24) is 4.98 Å². The van der Waals surface area contributed by atoms with Crippen molar-refractivity contribution in [2.24, 2.45) is 0 Å². The molecule has 1 aliphatic rings. The van der Waals surface area contributed by atoms with Crippen LogP contribution in [0, 0.1) is 0 Å². The van der Waals surface area contributed by atoms with Crippen molar-refractivity contribution in [3.8, 4) is 5.75 Å². The van der Waals surface area contributed by atoms with Crippen LogP contribution in [0.5, 0.6) is 5.75 Å². The molecule has 4 heteroatoms. The molecule has 2 nitrogen and oxygen atoms in total. The molecular formula is C20H19NOS2. The molecule has 1 aliphatic heterocycles. The van der Waals surface area contributed by atoms with Crippen molar-refractivity contribution in [1.29, 1.82) is 0 Å². The first kappa shape index (κ1) is 15.9. The normalized spacial score (nSPS) is 15.5. The van der Waals surface area contributed by atoms with Crippen molar-refractivity contribution < 1.29 is 4.74 Å². The average Bonchev–Trinajstić information content (AvgIpc) is 2.67. The van der Waals surface area contributed by atoms with Gasteiger partial charge in [0.05, 0.1) is 15.8 Å². The van der Waals surface area contributed by atoms with Gasteiger partial charge >= 0.3 is 0 Å². The van der Waals surface area contributed by atoms with Gasteiger partial charge < -0.3 is 4.74 Å². The fourth-order valence-electron chi connectivity index (χ4n) is 2.75. The van der Waals surface area contributed by atoms with Crippen LogP contribution >= 0.6 is 23.5 Å². The maximum Gasteiger partial charge on any atom is 0.130 e. The second kappa shape index (κ2) is 7.49. The Bertz CT molecular complexity index is 813. The third-order valence-corrected chi connectivity index (χ3v) is 7.04. The Morgan fingerprint density at radius 2 is 1.71 bits per heavy atom. The smallest absolute Gasteiger partial charge is 0.130 e. The fraction of sp³-hybridized carbons (Fsp3) is 0.250. The van der Waals surface area contributed by atoms with Gasteiger partial charge in [-0.2, -0.15) is 0 Å². The van der Waals surface area contributed by atoms with Crippen molar-refractivity contribution in [3.63, 3.8) is 0 Å². The van der Waals surface area contributed by atoms with E-state index < -0.39 is 0 Å². The SMILES string of the molecule is c1ccc2nc(COc3ccc(C4SCCCS4)cc3)ccc2c1. The highest BCUT2D eigenvalue weighted by Gasteiger charge is 2.16. The maximum atomic E-state index is 5.91. The second-order valence-electron chi connectivity index (χ2n) is 5.78. The van der Waals surface area contributed by atoms with Crippen molar-refractivity contribution in [2.45, 2.75) is 17.6 Å². The molecule has 1 fully saturated rings. The molecule has 0 amide bonds. The third kappa shape index (κ3) is 3.70. The van der Waals surface area contributed by atoms with Gasteiger partial charge in [0.1, 0.15) is 12.4 Å². The average molecular weight is 354 g/mol. The van der Waals surface area contributed by atoms with E-state index in [9.17, 15) is 0 Å². The molecule has 0 N–H and O–H groups in total. The van der Waals surface area contributed by atoms with Gasteiger partial charge in [-0.25, -0.2) is 4.98 Å². The summed E-state index contributed by atoms with van der Waals surface area (Å²) in [6, 6.07) is 20.8. The van der Waals surface area contributed by atoms with E-state index in [1.54, 1.807) is 0 Å². The summed E-state index contributed by atoms with van der Waals surface area (Å²) in [5, 5.41) is 1.16. The summed E-state index contributed by atoms with van der Waals surface area (Å²) in [6.45, 7) is 0.497. The zero-order valence-corrected chi connectivity index (χ0v) is 15.0. The highest BCUT2D eigenvalue weighted by Crippen LogP contribution is 2.43.